The minimum absolute atomic E-state index is 0.157. The normalized spacial score (nSPS) is 15.3. The predicted octanol–water partition coefficient (Wildman–Crippen LogP) is 3.88. The van der Waals surface area contributed by atoms with Crippen LogP contribution in [0.25, 0.3) is 10.9 Å². The fraction of sp³-hybridized carbons (Fsp3) is 0.360. The molecular weight excluding hydrogens is 453 g/mol. The summed E-state index contributed by atoms with van der Waals surface area (Å²) in [4.78, 5) is 34.7. The molecule has 0 spiro atoms. The van der Waals surface area contributed by atoms with Gasteiger partial charge in [-0.15, -0.1) is 0 Å². The van der Waals surface area contributed by atoms with Crippen molar-refractivity contribution in [3.8, 4) is 5.75 Å². The summed E-state index contributed by atoms with van der Waals surface area (Å²) in [6.45, 7) is 3.39. The second-order valence-corrected chi connectivity index (χ2v) is 8.37. The second kappa shape index (κ2) is 11.1. The monoisotopic (exact) mass is 481 g/mol. The van der Waals surface area contributed by atoms with Crippen LogP contribution in [0.5, 0.6) is 5.75 Å². The summed E-state index contributed by atoms with van der Waals surface area (Å²) in [5.74, 6) is -0.371. The molecule has 2 amide bonds. The van der Waals surface area contributed by atoms with E-state index in [0.717, 1.165) is 12.8 Å². The molecule has 1 saturated heterocycles. The highest BCUT2D eigenvalue weighted by Gasteiger charge is 2.26. The first-order valence-electron chi connectivity index (χ1n) is 11.5. The van der Waals surface area contributed by atoms with E-state index in [2.05, 4.69) is 20.6 Å². The van der Waals surface area contributed by atoms with E-state index in [-0.39, 0.29) is 29.7 Å². The van der Waals surface area contributed by atoms with E-state index in [1.165, 1.54) is 12.4 Å². The van der Waals surface area contributed by atoms with Crippen LogP contribution in [0.3, 0.4) is 0 Å². The maximum Gasteiger partial charge on any atom is 0.233 e. The topological polar surface area (TPSA) is 106 Å². The number of halogens is 1. The zero-order chi connectivity index (χ0) is 24.8. The lowest BCUT2D eigenvalue weighted by atomic mass is 10.2. The molecule has 0 radical (unpaired) electrons. The third kappa shape index (κ3) is 6.02. The summed E-state index contributed by atoms with van der Waals surface area (Å²) < 4.78 is 25.3. The van der Waals surface area contributed by atoms with Crippen LogP contribution in [0.1, 0.15) is 26.2 Å². The van der Waals surface area contributed by atoms with E-state index < -0.39 is 5.82 Å². The quantitative estimate of drug-likeness (QED) is 0.353. The molecule has 1 aliphatic rings. The van der Waals surface area contributed by atoms with Crippen LogP contribution in [0.15, 0.2) is 42.7 Å². The first-order chi connectivity index (χ1) is 16.9. The standard InChI is InChI=1S/C25H28FN5O4/c1-16-4-3-9-31(16)23(33)14-22(32)29-17-5-7-18(8-6-17)30-25-24-20(26)12-19(35-11-10-34-2)13-21(24)27-15-28-25/h5-8,12-13,15-16H,3-4,9-11,14H2,1-2H3,(H,29,32)(H,27,28,30)/t16-/m0/s1. The third-order valence-corrected chi connectivity index (χ3v) is 5.84. The Morgan fingerprint density at radius 3 is 2.63 bits per heavy atom. The van der Waals surface area contributed by atoms with Gasteiger partial charge in [-0.05, 0) is 44.0 Å². The van der Waals surface area contributed by atoms with Crippen molar-refractivity contribution in [1.82, 2.24) is 14.9 Å². The van der Waals surface area contributed by atoms with Crippen LogP contribution < -0.4 is 15.4 Å². The van der Waals surface area contributed by atoms with Gasteiger partial charge in [-0.3, -0.25) is 9.59 Å². The van der Waals surface area contributed by atoms with E-state index in [4.69, 9.17) is 9.47 Å². The molecule has 0 saturated carbocycles. The van der Waals surface area contributed by atoms with Gasteiger partial charge >= 0.3 is 0 Å². The van der Waals surface area contributed by atoms with Gasteiger partial charge < -0.3 is 25.0 Å². The van der Waals surface area contributed by atoms with Crippen molar-refractivity contribution in [2.45, 2.75) is 32.2 Å². The highest BCUT2D eigenvalue weighted by atomic mass is 19.1. The molecule has 4 rings (SSSR count). The molecule has 35 heavy (non-hydrogen) atoms. The van der Waals surface area contributed by atoms with Gasteiger partial charge in [0.1, 0.15) is 36.7 Å². The fourth-order valence-electron chi connectivity index (χ4n) is 4.06. The fourth-order valence-corrected chi connectivity index (χ4v) is 4.06. The number of aromatic nitrogens is 2. The number of anilines is 3. The number of rotatable bonds is 9. The number of amides is 2. The van der Waals surface area contributed by atoms with Gasteiger partial charge in [0.2, 0.25) is 11.8 Å². The number of carbonyl (C=O) groups is 2. The molecule has 1 atom stereocenters. The number of hydrogen-bond donors (Lipinski definition) is 2. The highest BCUT2D eigenvalue weighted by molar-refractivity contribution is 6.03. The Hall–Kier alpha value is -3.79. The van der Waals surface area contributed by atoms with Crippen molar-refractivity contribution in [1.29, 1.82) is 0 Å². The second-order valence-electron chi connectivity index (χ2n) is 8.37. The average molecular weight is 482 g/mol. The minimum atomic E-state index is -0.515. The molecule has 1 aromatic heterocycles. The third-order valence-electron chi connectivity index (χ3n) is 5.84. The number of carbonyl (C=O) groups excluding carboxylic acids is 2. The van der Waals surface area contributed by atoms with Gasteiger partial charge in [0.15, 0.2) is 0 Å². The summed E-state index contributed by atoms with van der Waals surface area (Å²) in [6.07, 6.45) is 3.10. The molecule has 2 heterocycles. The van der Waals surface area contributed by atoms with E-state index in [9.17, 15) is 14.0 Å². The molecule has 10 heteroatoms. The summed E-state index contributed by atoms with van der Waals surface area (Å²) in [6, 6.07) is 9.97. The lowest BCUT2D eigenvalue weighted by Crippen LogP contribution is -2.35. The number of benzene rings is 2. The first-order valence-corrected chi connectivity index (χ1v) is 11.5. The largest absolute Gasteiger partial charge is 0.491 e. The van der Waals surface area contributed by atoms with Crippen molar-refractivity contribution in [2.75, 3.05) is 37.5 Å². The number of fused-ring (bicyclic) bond motifs is 1. The van der Waals surface area contributed by atoms with Gasteiger partial charge in [0.25, 0.3) is 0 Å². The van der Waals surface area contributed by atoms with Crippen LogP contribution in [-0.2, 0) is 14.3 Å². The van der Waals surface area contributed by atoms with Crippen molar-refractivity contribution in [3.05, 3.63) is 48.5 Å². The van der Waals surface area contributed by atoms with Gasteiger partial charge in [-0.2, -0.15) is 0 Å². The van der Waals surface area contributed by atoms with E-state index in [1.807, 2.05) is 6.92 Å². The molecular formula is C25H28FN5O4. The Labute approximate surface area is 202 Å². The van der Waals surface area contributed by atoms with Gasteiger partial charge in [-0.1, -0.05) is 0 Å². The van der Waals surface area contributed by atoms with Crippen molar-refractivity contribution >= 4 is 39.9 Å². The Morgan fingerprint density at radius 1 is 1.14 bits per heavy atom. The number of likely N-dealkylation sites (tertiary alicyclic amines) is 1. The van der Waals surface area contributed by atoms with E-state index >= 15 is 0 Å². The van der Waals surface area contributed by atoms with E-state index in [0.29, 0.717) is 48.2 Å². The number of ether oxygens (including phenoxy) is 2. The molecule has 0 aliphatic carbocycles. The lowest BCUT2D eigenvalue weighted by molar-refractivity contribution is -0.135. The maximum absolute atomic E-state index is 14.9. The number of nitrogens with one attached hydrogen (secondary N) is 2. The molecule has 1 fully saturated rings. The molecule has 0 unspecified atom stereocenters. The summed E-state index contributed by atoms with van der Waals surface area (Å²) in [5.41, 5.74) is 1.60. The van der Waals surface area contributed by atoms with Crippen LogP contribution in [-0.4, -0.2) is 59.6 Å². The average Bonchev–Trinajstić information content (AvgIpc) is 3.26. The van der Waals surface area contributed by atoms with Crippen molar-refractivity contribution in [2.24, 2.45) is 0 Å². The maximum atomic E-state index is 14.9. The van der Waals surface area contributed by atoms with Crippen LogP contribution >= 0.6 is 0 Å². The Bertz CT molecular complexity index is 1200. The predicted molar refractivity (Wildman–Crippen MR) is 130 cm³/mol. The van der Waals surface area contributed by atoms with Gasteiger partial charge in [0.05, 0.1) is 17.5 Å². The number of methoxy groups -OCH3 is 1. The first kappa shape index (κ1) is 24.3. The van der Waals surface area contributed by atoms with Gasteiger partial charge in [-0.25, -0.2) is 14.4 Å². The minimum Gasteiger partial charge on any atom is -0.491 e. The molecule has 3 aromatic rings. The molecule has 2 N–H and O–H groups in total. The molecule has 1 aliphatic heterocycles. The van der Waals surface area contributed by atoms with Crippen molar-refractivity contribution < 1.29 is 23.5 Å². The van der Waals surface area contributed by atoms with Crippen molar-refractivity contribution in [3.63, 3.8) is 0 Å². The Kier molecular flexibility index (Phi) is 7.71. The smallest absolute Gasteiger partial charge is 0.233 e. The highest BCUT2D eigenvalue weighted by Crippen LogP contribution is 2.29. The van der Waals surface area contributed by atoms with Crippen LogP contribution in [0.4, 0.5) is 21.6 Å². The SMILES string of the molecule is COCCOc1cc(F)c2c(Nc3ccc(NC(=O)CC(=O)N4CCC[C@@H]4C)cc3)ncnc2c1. The van der Waals surface area contributed by atoms with Crippen LogP contribution in [0, 0.1) is 5.82 Å². The molecule has 9 nitrogen and oxygen atoms in total. The number of nitrogens with zero attached hydrogens (tertiary/aromatic N) is 3. The van der Waals surface area contributed by atoms with Crippen LogP contribution in [0.2, 0.25) is 0 Å². The lowest BCUT2D eigenvalue weighted by Gasteiger charge is -2.21. The van der Waals surface area contributed by atoms with E-state index in [1.54, 1.807) is 42.3 Å². The summed E-state index contributed by atoms with van der Waals surface area (Å²) >= 11 is 0. The zero-order valence-corrected chi connectivity index (χ0v) is 19.7. The number of hydrogen-bond acceptors (Lipinski definition) is 7. The van der Waals surface area contributed by atoms with Gasteiger partial charge in [0, 0.05) is 43.2 Å². The molecule has 2 aromatic carbocycles. The summed E-state index contributed by atoms with van der Waals surface area (Å²) in [7, 11) is 1.56. The Morgan fingerprint density at radius 2 is 1.91 bits per heavy atom. The molecule has 0 bridgehead atoms. The summed E-state index contributed by atoms with van der Waals surface area (Å²) in [5, 5.41) is 6.07. The molecule has 184 valence electrons. The Balaban J connectivity index is 1.40. The zero-order valence-electron chi connectivity index (χ0n) is 19.7.